The molecule has 1 saturated heterocycles. The number of rotatable bonds is 1. The molecule has 0 aromatic heterocycles. The summed E-state index contributed by atoms with van der Waals surface area (Å²) in [5.74, 6) is 0. The van der Waals surface area contributed by atoms with Crippen molar-refractivity contribution in [2.45, 2.75) is 38.8 Å². The topological polar surface area (TPSA) is 27.0 Å². The van der Waals surface area contributed by atoms with Gasteiger partial charge in [-0.1, -0.05) is 0 Å². The molecule has 1 rings (SSSR count). The minimum absolute atomic E-state index is 0.218. The van der Waals surface area contributed by atoms with Crippen molar-refractivity contribution in [2.75, 3.05) is 13.1 Å². The summed E-state index contributed by atoms with van der Waals surface area (Å²) < 4.78 is 0. The van der Waals surface area contributed by atoms with E-state index in [-0.39, 0.29) is 6.04 Å². The first-order chi connectivity index (χ1) is 4.70. The third-order valence-electron chi connectivity index (χ3n) is 2.26. The molecule has 0 saturated carbocycles. The fraction of sp³-hybridized carbons (Fsp3) is 1.00. The second kappa shape index (κ2) is 3.35. The molecule has 2 heteroatoms. The summed E-state index contributed by atoms with van der Waals surface area (Å²) in [5, 5.41) is 0. The van der Waals surface area contributed by atoms with Crippen molar-refractivity contribution < 1.29 is 0 Å². The second-order valence-electron chi connectivity index (χ2n) is 3.40. The van der Waals surface area contributed by atoms with Gasteiger partial charge in [0.25, 0.3) is 0 Å². The van der Waals surface area contributed by atoms with Crippen molar-refractivity contribution in [3.63, 3.8) is 0 Å². The molecule has 2 nitrogen and oxygen atoms in total. The maximum Gasteiger partial charge on any atom is 0.0237 e. The fourth-order valence-electron chi connectivity index (χ4n) is 1.42. The molecule has 0 aromatic carbocycles. The summed E-state index contributed by atoms with van der Waals surface area (Å²) in [5.41, 5.74) is 7.48. The van der Waals surface area contributed by atoms with Gasteiger partial charge in [0.05, 0.1) is 0 Å². The molecule has 0 atom stereocenters. The van der Waals surface area contributed by atoms with E-state index in [1.807, 2.05) is 0 Å². The molecule has 0 unspecified atom stereocenters. The SMILES string of the molecule is CC(C)N1CCC([NH])CC1. The molecule has 0 aliphatic carbocycles. The van der Waals surface area contributed by atoms with Gasteiger partial charge in [0.15, 0.2) is 0 Å². The van der Waals surface area contributed by atoms with Crippen LogP contribution in [-0.4, -0.2) is 30.1 Å². The van der Waals surface area contributed by atoms with Crippen LogP contribution in [0, 0.1) is 0 Å². The third-order valence-corrected chi connectivity index (χ3v) is 2.26. The smallest absolute Gasteiger partial charge is 0.0237 e. The monoisotopic (exact) mass is 141 g/mol. The predicted molar refractivity (Wildman–Crippen MR) is 42.8 cm³/mol. The number of likely N-dealkylation sites (tertiary alicyclic amines) is 1. The van der Waals surface area contributed by atoms with Crippen LogP contribution >= 0.6 is 0 Å². The van der Waals surface area contributed by atoms with Gasteiger partial charge in [-0.2, -0.15) is 0 Å². The first-order valence-corrected chi connectivity index (χ1v) is 4.15. The molecule has 1 radical (unpaired) electrons. The Balaban J connectivity index is 2.26. The number of piperidine rings is 1. The molecule has 0 amide bonds. The van der Waals surface area contributed by atoms with Crippen LogP contribution in [0.1, 0.15) is 26.7 Å². The molecule has 10 heavy (non-hydrogen) atoms. The van der Waals surface area contributed by atoms with Gasteiger partial charge in [-0.15, -0.1) is 0 Å². The van der Waals surface area contributed by atoms with E-state index in [0.717, 1.165) is 25.9 Å². The summed E-state index contributed by atoms with van der Waals surface area (Å²) in [6, 6.07) is 0.891. The zero-order chi connectivity index (χ0) is 7.56. The highest BCUT2D eigenvalue weighted by molar-refractivity contribution is 4.75. The Bertz CT molecular complexity index is 93.4. The first kappa shape index (κ1) is 8.02. The van der Waals surface area contributed by atoms with Crippen LogP contribution < -0.4 is 5.73 Å². The standard InChI is InChI=1S/C8H17N2/c1-7(2)10-5-3-8(9)4-6-10/h7-9H,3-6H2,1-2H3. The Morgan fingerprint density at radius 3 is 2.20 bits per heavy atom. The van der Waals surface area contributed by atoms with Crippen LogP contribution in [0.25, 0.3) is 0 Å². The van der Waals surface area contributed by atoms with Crippen molar-refractivity contribution in [3.05, 3.63) is 0 Å². The number of nitrogens with zero attached hydrogens (tertiary/aromatic N) is 1. The van der Waals surface area contributed by atoms with Crippen molar-refractivity contribution in [1.29, 1.82) is 0 Å². The Morgan fingerprint density at radius 2 is 1.80 bits per heavy atom. The average Bonchev–Trinajstić information content (AvgIpc) is 1.88. The summed E-state index contributed by atoms with van der Waals surface area (Å²) >= 11 is 0. The first-order valence-electron chi connectivity index (χ1n) is 4.15. The van der Waals surface area contributed by atoms with Crippen molar-refractivity contribution in [2.24, 2.45) is 0 Å². The molecule has 1 heterocycles. The van der Waals surface area contributed by atoms with Crippen molar-refractivity contribution in [3.8, 4) is 0 Å². The van der Waals surface area contributed by atoms with Crippen molar-refractivity contribution >= 4 is 0 Å². The van der Waals surface area contributed by atoms with Gasteiger partial charge in [0.2, 0.25) is 0 Å². The Labute approximate surface area is 63.4 Å². The Kier molecular flexibility index (Phi) is 2.69. The molecule has 1 fully saturated rings. The second-order valence-corrected chi connectivity index (χ2v) is 3.40. The van der Waals surface area contributed by atoms with E-state index in [0.29, 0.717) is 6.04 Å². The molecule has 0 bridgehead atoms. The third kappa shape index (κ3) is 1.96. The van der Waals surface area contributed by atoms with Gasteiger partial charge in [-0.05, 0) is 39.8 Å². The summed E-state index contributed by atoms with van der Waals surface area (Å²) in [6.07, 6.45) is 2.14. The van der Waals surface area contributed by atoms with E-state index < -0.39 is 0 Å². The fourth-order valence-corrected chi connectivity index (χ4v) is 1.42. The maximum atomic E-state index is 7.48. The van der Waals surface area contributed by atoms with E-state index >= 15 is 0 Å². The van der Waals surface area contributed by atoms with E-state index in [1.165, 1.54) is 0 Å². The van der Waals surface area contributed by atoms with E-state index in [1.54, 1.807) is 0 Å². The molecule has 59 valence electrons. The minimum Gasteiger partial charge on any atom is -0.301 e. The highest BCUT2D eigenvalue weighted by atomic mass is 15.2. The highest BCUT2D eigenvalue weighted by Crippen LogP contribution is 2.11. The molecule has 1 aliphatic heterocycles. The van der Waals surface area contributed by atoms with Crippen LogP contribution in [0.4, 0.5) is 0 Å². The lowest BCUT2D eigenvalue weighted by molar-refractivity contribution is 0.171. The lowest BCUT2D eigenvalue weighted by Gasteiger charge is -2.32. The van der Waals surface area contributed by atoms with Crippen LogP contribution in [0.3, 0.4) is 0 Å². The van der Waals surface area contributed by atoms with Crippen LogP contribution in [0.15, 0.2) is 0 Å². The minimum atomic E-state index is 0.218. The quantitative estimate of drug-likeness (QED) is 0.538. The van der Waals surface area contributed by atoms with E-state index in [9.17, 15) is 0 Å². The molecular weight excluding hydrogens is 124 g/mol. The number of hydrogen-bond donors (Lipinski definition) is 0. The molecule has 1 aliphatic rings. The van der Waals surface area contributed by atoms with Gasteiger partial charge in [0.1, 0.15) is 0 Å². The maximum absolute atomic E-state index is 7.48. The Hall–Kier alpha value is -0.0800. The van der Waals surface area contributed by atoms with Gasteiger partial charge < -0.3 is 4.90 Å². The van der Waals surface area contributed by atoms with E-state index in [2.05, 4.69) is 18.7 Å². The zero-order valence-electron chi connectivity index (χ0n) is 6.93. The highest BCUT2D eigenvalue weighted by Gasteiger charge is 2.17. The molecular formula is C8H17N2. The van der Waals surface area contributed by atoms with Crippen molar-refractivity contribution in [1.82, 2.24) is 10.6 Å². The number of hydrogen-bond acceptors (Lipinski definition) is 1. The average molecular weight is 141 g/mol. The van der Waals surface area contributed by atoms with Crippen LogP contribution in [0.5, 0.6) is 0 Å². The number of nitrogens with one attached hydrogen (secondary N) is 1. The summed E-state index contributed by atoms with van der Waals surface area (Å²) in [4.78, 5) is 2.45. The van der Waals surface area contributed by atoms with Crippen LogP contribution in [-0.2, 0) is 0 Å². The lowest BCUT2D eigenvalue weighted by atomic mass is 10.1. The summed E-state index contributed by atoms with van der Waals surface area (Å²) in [6.45, 7) is 6.71. The largest absolute Gasteiger partial charge is 0.301 e. The molecule has 0 spiro atoms. The predicted octanol–water partition coefficient (Wildman–Crippen LogP) is 1.14. The summed E-state index contributed by atoms with van der Waals surface area (Å²) in [7, 11) is 0. The van der Waals surface area contributed by atoms with Gasteiger partial charge >= 0.3 is 0 Å². The van der Waals surface area contributed by atoms with Gasteiger partial charge in [0, 0.05) is 12.1 Å². The van der Waals surface area contributed by atoms with Crippen LogP contribution in [0.2, 0.25) is 0 Å². The normalized spacial score (nSPS) is 24.0. The van der Waals surface area contributed by atoms with Gasteiger partial charge in [-0.3, -0.25) is 5.73 Å². The lowest BCUT2D eigenvalue weighted by Crippen LogP contribution is -2.40. The zero-order valence-corrected chi connectivity index (χ0v) is 6.93. The molecule has 0 aromatic rings. The Morgan fingerprint density at radius 1 is 1.30 bits per heavy atom. The van der Waals surface area contributed by atoms with E-state index in [4.69, 9.17) is 5.73 Å². The molecule has 1 N–H and O–H groups in total. The van der Waals surface area contributed by atoms with Gasteiger partial charge in [-0.25, -0.2) is 0 Å².